The second-order valence-electron chi connectivity index (χ2n) is 8.00. The van der Waals surface area contributed by atoms with Gasteiger partial charge in [-0.1, -0.05) is 5.16 Å². The lowest BCUT2D eigenvalue weighted by atomic mass is 9.97. The summed E-state index contributed by atoms with van der Waals surface area (Å²) in [4.78, 5) is 21.2. The Morgan fingerprint density at radius 3 is 2.83 bits per heavy atom. The van der Waals surface area contributed by atoms with Crippen molar-refractivity contribution in [3.8, 4) is 0 Å². The van der Waals surface area contributed by atoms with Crippen LogP contribution in [0.5, 0.6) is 0 Å². The van der Waals surface area contributed by atoms with E-state index in [-0.39, 0.29) is 6.10 Å². The lowest BCUT2D eigenvalue weighted by Crippen LogP contribution is -2.46. The van der Waals surface area contributed by atoms with E-state index in [4.69, 9.17) is 14.2 Å². The third kappa shape index (κ3) is 3.81. The summed E-state index contributed by atoms with van der Waals surface area (Å²) >= 11 is 1.86. The van der Waals surface area contributed by atoms with E-state index >= 15 is 0 Å². The first kappa shape index (κ1) is 19.8. The zero-order valence-electron chi connectivity index (χ0n) is 17.6. The van der Waals surface area contributed by atoms with Crippen molar-refractivity contribution in [3.63, 3.8) is 0 Å². The minimum Gasteiger partial charge on any atom is -0.371 e. The number of nitrogens with zero attached hydrogens (tertiary/aromatic N) is 6. The minimum atomic E-state index is -0.138. The molecule has 3 aromatic rings. The van der Waals surface area contributed by atoms with Crippen molar-refractivity contribution in [2.75, 3.05) is 37.7 Å². The highest BCUT2D eigenvalue weighted by Crippen LogP contribution is 2.39. The summed E-state index contributed by atoms with van der Waals surface area (Å²) in [5, 5.41) is 5.37. The molecule has 4 heterocycles. The monoisotopic (exact) mass is 428 g/mol. The Hall–Kier alpha value is -2.10. The Labute approximate surface area is 180 Å². The van der Waals surface area contributed by atoms with Gasteiger partial charge in [-0.2, -0.15) is 4.98 Å². The Morgan fingerprint density at radius 2 is 2.00 bits per heavy atom. The first-order chi connectivity index (χ1) is 14.7. The molecular weight excluding hydrogens is 400 g/mol. The molecule has 0 bridgehead atoms. The van der Waals surface area contributed by atoms with Crippen molar-refractivity contribution in [2.45, 2.75) is 52.2 Å². The largest absolute Gasteiger partial charge is 0.371 e. The number of fused-ring (bicyclic) bond motifs is 3. The van der Waals surface area contributed by atoms with Crippen LogP contribution in [0, 0.1) is 0 Å². The highest BCUT2D eigenvalue weighted by molar-refractivity contribution is 7.19. The van der Waals surface area contributed by atoms with E-state index < -0.39 is 0 Å². The number of aryl methyl sites for hydroxylation is 2. The molecule has 0 amide bonds. The maximum Gasteiger partial charge on any atom is 0.240 e. The molecule has 8 nitrogen and oxygen atoms in total. The molecular formula is C21H28N6O2S. The van der Waals surface area contributed by atoms with Crippen LogP contribution in [0.3, 0.4) is 0 Å². The lowest BCUT2D eigenvalue weighted by molar-refractivity contribution is 0.0683. The minimum absolute atomic E-state index is 0.138. The molecule has 1 atom stereocenters. The van der Waals surface area contributed by atoms with Gasteiger partial charge in [0.05, 0.1) is 11.9 Å². The second-order valence-corrected chi connectivity index (χ2v) is 9.08. The highest BCUT2D eigenvalue weighted by Gasteiger charge is 2.26. The molecule has 0 saturated carbocycles. The Morgan fingerprint density at radius 1 is 1.17 bits per heavy atom. The molecule has 30 heavy (non-hydrogen) atoms. The van der Waals surface area contributed by atoms with E-state index in [1.165, 1.54) is 35.1 Å². The first-order valence-corrected chi connectivity index (χ1v) is 11.7. The van der Waals surface area contributed by atoms with Crippen LogP contribution in [0.1, 0.15) is 54.9 Å². The number of hydrogen-bond acceptors (Lipinski definition) is 9. The summed E-state index contributed by atoms with van der Waals surface area (Å²) in [6, 6.07) is 0. The summed E-state index contributed by atoms with van der Waals surface area (Å²) < 4.78 is 11.0. The van der Waals surface area contributed by atoms with E-state index in [1.807, 2.05) is 25.2 Å². The molecule has 5 rings (SSSR count). The number of hydrogen-bond donors (Lipinski definition) is 0. The molecule has 0 radical (unpaired) electrons. The Balaban J connectivity index is 1.26. The quantitative estimate of drug-likeness (QED) is 0.591. The molecule has 0 N–H and O–H groups in total. The smallest absolute Gasteiger partial charge is 0.240 e. The number of piperazine rings is 1. The molecule has 1 aliphatic heterocycles. The zero-order valence-corrected chi connectivity index (χ0v) is 18.5. The Kier molecular flexibility index (Phi) is 5.66. The fraction of sp³-hybridized carbons (Fsp3) is 0.619. The maximum absolute atomic E-state index is 5.55. The van der Waals surface area contributed by atoms with Crippen molar-refractivity contribution in [3.05, 3.63) is 28.5 Å². The molecule has 1 aliphatic carbocycles. The standard InChI is InChI=1S/C21H28N6O2S/c1-3-28-14(2)19-24-17(29-25-19)12-26-8-10-27(11-9-26)20-18-15-6-4-5-7-16(15)30-21(18)23-13-22-20/h13-14H,3-12H2,1-2H3. The fourth-order valence-electron chi connectivity index (χ4n) is 4.44. The molecule has 9 heteroatoms. The van der Waals surface area contributed by atoms with Crippen molar-refractivity contribution >= 4 is 27.4 Å². The SMILES string of the molecule is CCOC(C)c1noc(CN2CCN(c3ncnc4sc5c(c34)CCCC5)CC2)n1. The van der Waals surface area contributed by atoms with Crippen LogP contribution in [-0.4, -0.2) is 57.8 Å². The average molecular weight is 429 g/mol. The number of ether oxygens (including phenoxy) is 1. The van der Waals surface area contributed by atoms with Gasteiger partial charge in [-0.05, 0) is 45.1 Å². The van der Waals surface area contributed by atoms with Crippen LogP contribution in [0.15, 0.2) is 10.9 Å². The molecule has 160 valence electrons. The lowest BCUT2D eigenvalue weighted by Gasteiger charge is -2.35. The van der Waals surface area contributed by atoms with Crippen LogP contribution in [0.25, 0.3) is 10.2 Å². The van der Waals surface area contributed by atoms with Gasteiger partial charge in [0.1, 0.15) is 23.1 Å². The van der Waals surface area contributed by atoms with Gasteiger partial charge in [0.2, 0.25) is 5.89 Å². The normalized spacial score (nSPS) is 18.7. The molecule has 3 aromatic heterocycles. The molecule has 1 saturated heterocycles. The topological polar surface area (TPSA) is 80.4 Å². The molecule has 0 aromatic carbocycles. The van der Waals surface area contributed by atoms with E-state index in [0.717, 1.165) is 43.2 Å². The van der Waals surface area contributed by atoms with Gasteiger partial charge in [-0.25, -0.2) is 9.97 Å². The van der Waals surface area contributed by atoms with Gasteiger partial charge in [-0.3, -0.25) is 4.90 Å². The first-order valence-electron chi connectivity index (χ1n) is 10.9. The van der Waals surface area contributed by atoms with Gasteiger partial charge in [0, 0.05) is 37.7 Å². The Bertz CT molecular complexity index is 1010. The maximum atomic E-state index is 5.55. The van der Waals surface area contributed by atoms with Crippen LogP contribution in [0.2, 0.25) is 0 Å². The van der Waals surface area contributed by atoms with Gasteiger partial charge in [-0.15, -0.1) is 11.3 Å². The number of rotatable bonds is 6. The summed E-state index contributed by atoms with van der Waals surface area (Å²) in [5.74, 6) is 2.39. The predicted octanol–water partition coefficient (Wildman–Crippen LogP) is 3.37. The summed E-state index contributed by atoms with van der Waals surface area (Å²) in [7, 11) is 0. The molecule has 2 aliphatic rings. The van der Waals surface area contributed by atoms with Gasteiger partial charge >= 0.3 is 0 Å². The van der Waals surface area contributed by atoms with E-state index in [2.05, 4.69) is 24.9 Å². The van der Waals surface area contributed by atoms with Crippen LogP contribution in [0.4, 0.5) is 5.82 Å². The highest BCUT2D eigenvalue weighted by atomic mass is 32.1. The van der Waals surface area contributed by atoms with Gasteiger partial charge in [0.25, 0.3) is 0 Å². The second kappa shape index (κ2) is 8.56. The number of thiophene rings is 1. The van der Waals surface area contributed by atoms with Crippen LogP contribution in [-0.2, 0) is 24.1 Å². The number of aromatic nitrogens is 4. The predicted molar refractivity (Wildman–Crippen MR) is 116 cm³/mol. The van der Waals surface area contributed by atoms with Gasteiger partial charge < -0.3 is 14.2 Å². The third-order valence-electron chi connectivity index (χ3n) is 6.03. The molecule has 1 fully saturated rings. The summed E-state index contributed by atoms with van der Waals surface area (Å²) in [6.45, 7) is 8.98. The molecule has 0 spiro atoms. The van der Waals surface area contributed by atoms with E-state index in [1.54, 1.807) is 6.33 Å². The third-order valence-corrected chi connectivity index (χ3v) is 7.23. The number of anilines is 1. The van der Waals surface area contributed by atoms with E-state index in [9.17, 15) is 0 Å². The molecule has 1 unspecified atom stereocenters. The van der Waals surface area contributed by atoms with Crippen LogP contribution < -0.4 is 4.90 Å². The van der Waals surface area contributed by atoms with Crippen molar-refractivity contribution in [1.29, 1.82) is 0 Å². The zero-order chi connectivity index (χ0) is 20.5. The average Bonchev–Trinajstić information content (AvgIpc) is 3.39. The summed E-state index contributed by atoms with van der Waals surface area (Å²) in [6.07, 6.45) is 6.51. The van der Waals surface area contributed by atoms with Gasteiger partial charge in [0.15, 0.2) is 5.82 Å². The fourth-order valence-corrected chi connectivity index (χ4v) is 5.67. The van der Waals surface area contributed by atoms with Crippen molar-refractivity contribution in [1.82, 2.24) is 25.0 Å². The van der Waals surface area contributed by atoms with Crippen molar-refractivity contribution < 1.29 is 9.26 Å². The van der Waals surface area contributed by atoms with Crippen molar-refractivity contribution in [2.24, 2.45) is 0 Å². The van der Waals surface area contributed by atoms with E-state index in [0.29, 0.717) is 24.9 Å². The summed E-state index contributed by atoms with van der Waals surface area (Å²) in [5.41, 5.74) is 1.50. The van der Waals surface area contributed by atoms with Crippen LogP contribution >= 0.6 is 11.3 Å².